The number of hydrogen-bond donors (Lipinski definition) is 0. The molecule has 1 aliphatic heterocycles. The number of ether oxygens (including phenoxy) is 2. The van der Waals surface area contributed by atoms with Crippen LogP contribution < -0.4 is 4.74 Å². The van der Waals surface area contributed by atoms with Crippen LogP contribution in [-0.2, 0) is 14.8 Å². The number of hydrogen-bond acceptors (Lipinski definition) is 5. The molecule has 0 saturated carbocycles. The zero-order valence-corrected chi connectivity index (χ0v) is 24.1. The molecule has 0 N–H and O–H groups in total. The van der Waals surface area contributed by atoms with Gasteiger partial charge in [-0.15, -0.1) is 0 Å². The van der Waals surface area contributed by atoms with Crippen LogP contribution >= 0.6 is 23.2 Å². The van der Waals surface area contributed by atoms with Gasteiger partial charge in [0.2, 0.25) is 5.78 Å². The molecule has 0 aromatic heterocycles. The molecule has 1 aliphatic rings. The molecule has 6 nitrogen and oxygen atoms in total. The summed E-state index contributed by atoms with van der Waals surface area (Å²) < 4.78 is 39.7. The first kappa shape index (κ1) is 27.8. The van der Waals surface area contributed by atoms with Crippen LogP contribution in [0.3, 0.4) is 0 Å². The zero-order valence-electron chi connectivity index (χ0n) is 21.7. The largest absolute Gasteiger partial charge is 0.490 e. The van der Waals surface area contributed by atoms with Gasteiger partial charge in [0.15, 0.2) is 5.76 Å². The Balaban J connectivity index is 1.53. The molecule has 0 aliphatic carbocycles. The number of benzene rings is 4. The first-order valence-electron chi connectivity index (χ1n) is 12.4. The predicted octanol–water partition coefficient (Wildman–Crippen LogP) is 7.25. The molecule has 0 radical (unpaired) electrons. The Morgan fingerprint density at radius 2 is 1.43 bits per heavy atom. The number of nitrogens with zero attached hydrogens (tertiary/aromatic N) is 1. The highest BCUT2D eigenvalue weighted by Crippen LogP contribution is 2.38. The molecular formula is C31H25Cl2NO5S. The van der Waals surface area contributed by atoms with Gasteiger partial charge in [0, 0.05) is 28.2 Å². The summed E-state index contributed by atoms with van der Waals surface area (Å²) in [7, 11) is -2.63. The lowest BCUT2D eigenvalue weighted by Crippen LogP contribution is -2.35. The van der Waals surface area contributed by atoms with E-state index in [1.165, 1.54) is 13.1 Å². The van der Waals surface area contributed by atoms with Crippen LogP contribution in [0.1, 0.15) is 21.5 Å². The predicted molar refractivity (Wildman–Crippen MR) is 157 cm³/mol. The lowest BCUT2D eigenvalue weighted by molar-refractivity contribution is 0.100. The average molecular weight is 595 g/mol. The number of allylic oxidation sites excluding steroid dienone is 1. The van der Waals surface area contributed by atoms with Crippen LogP contribution in [0.15, 0.2) is 102 Å². The fraction of sp³-hybridized carbons (Fsp3) is 0.129. The third-order valence-electron chi connectivity index (χ3n) is 6.58. The third-order valence-corrected chi connectivity index (χ3v) is 8.90. The minimum Gasteiger partial charge on any atom is -0.490 e. The number of halogens is 2. The first-order chi connectivity index (χ1) is 19.2. The number of carbonyl (C=O) groups excluding carboxylic acids is 1. The molecule has 9 heteroatoms. The van der Waals surface area contributed by atoms with Crippen LogP contribution in [0.5, 0.6) is 5.75 Å². The summed E-state index contributed by atoms with van der Waals surface area (Å²) in [6.45, 7) is 2.18. The van der Waals surface area contributed by atoms with E-state index in [4.69, 9.17) is 32.7 Å². The topological polar surface area (TPSA) is 72.9 Å². The number of rotatable bonds is 8. The van der Waals surface area contributed by atoms with Crippen LogP contribution in [0.4, 0.5) is 0 Å². The van der Waals surface area contributed by atoms with E-state index < -0.39 is 15.8 Å². The highest BCUT2D eigenvalue weighted by molar-refractivity contribution is 7.89. The Hall–Kier alpha value is -3.78. The maximum atomic E-state index is 14.0. The number of fused-ring (bicyclic) bond motifs is 1. The fourth-order valence-electron chi connectivity index (χ4n) is 4.48. The molecule has 40 heavy (non-hydrogen) atoms. The Labute approximate surface area is 243 Å². The number of ketones is 1. The highest BCUT2D eigenvalue weighted by Gasteiger charge is 2.39. The van der Waals surface area contributed by atoms with Crippen LogP contribution in [-0.4, -0.2) is 38.8 Å². The van der Waals surface area contributed by atoms with E-state index in [1.807, 2.05) is 25.1 Å². The van der Waals surface area contributed by atoms with Crippen molar-refractivity contribution < 1.29 is 22.7 Å². The van der Waals surface area contributed by atoms with Crippen molar-refractivity contribution in [3.63, 3.8) is 0 Å². The highest BCUT2D eigenvalue weighted by atomic mass is 35.5. The van der Waals surface area contributed by atoms with Gasteiger partial charge in [-0.25, -0.2) is 8.42 Å². The molecule has 0 amide bonds. The molecule has 4 aromatic rings. The molecule has 204 valence electrons. The van der Waals surface area contributed by atoms with Crippen molar-refractivity contribution in [2.24, 2.45) is 0 Å². The van der Waals surface area contributed by atoms with Gasteiger partial charge in [0.25, 0.3) is 10.0 Å². The van der Waals surface area contributed by atoms with Gasteiger partial charge in [0.1, 0.15) is 24.7 Å². The first-order valence-corrected chi connectivity index (χ1v) is 14.6. The van der Waals surface area contributed by atoms with Crippen LogP contribution in [0.25, 0.3) is 16.9 Å². The van der Waals surface area contributed by atoms with E-state index in [0.717, 1.165) is 21.0 Å². The maximum absolute atomic E-state index is 14.0. The van der Waals surface area contributed by atoms with E-state index in [9.17, 15) is 13.2 Å². The normalized spacial score (nSPS) is 14.1. The van der Waals surface area contributed by atoms with Gasteiger partial charge < -0.3 is 9.47 Å². The summed E-state index contributed by atoms with van der Waals surface area (Å²) in [5, 5.41) is 1.20. The van der Waals surface area contributed by atoms with Crippen molar-refractivity contribution in [3.05, 3.63) is 123 Å². The Morgan fingerprint density at radius 1 is 0.800 bits per heavy atom. The minimum absolute atomic E-state index is 0.0634. The SMILES string of the molecule is Cc1ccc(C(=O)C2=C(OCCOc3ccc(Cl)cc3)c3ccccc3S(=O)(=O)N2C)cc1-c1ccc(Cl)cc1. The van der Waals surface area contributed by atoms with E-state index in [1.54, 1.807) is 66.7 Å². The number of likely N-dealkylation sites (N-methyl/N-ethyl adjacent to an activating group) is 1. The lowest BCUT2D eigenvalue weighted by atomic mass is 9.95. The van der Waals surface area contributed by atoms with E-state index in [0.29, 0.717) is 26.9 Å². The summed E-state index contributed by atoms with van der Waals surface area (Å²) in [6.07, 6.45) is 0. The standard InChI is InChI=1S/C31H25Cl2NO5S/c1-20-7-8-22(19-27(20)21-9-11-23(32)12-10-21)30(35)29-31(39-18-17-38-25-15-13-24(33)14-16-25)26-5-3-4-6-28(26)40(36,37)34(29)2/h3-16,19H,17-18H2,1-2H3. The van der Waals surface area contributed by atoms with Gasteiger partial charge in [-0.3, -0.25) is 9.10 Å². The summed E-state index contributed by atoms with van der Waals surface area (Å²) in [6, 6.07) is 26.0. The van der Waals surface area contributed by atoms with Crippen molar-refractivity contribution >= 4 is 44.8 Å². The lowest BCUT2D eigenvalue weighted by Gasteiger charge is -2.30. The molecule has 0 saturated heterocycles. The van der Waals surface area contributed by atoms with Crippen molar-refractivity contribution in [2.45, 2.75) is 11.8 Å². The van der Waals surface area contributed by atoms with Gasteiger partial charge in [-0.1, -0.05) is 59.6 Å². The maximum Gasteiger partial charge on any atom is 0.265 e. The van der Waals surface area contributed by atoms with Crippen LogP contribution in [0.2, 0.25) is 10.0 Å². The van der Waals surface area contributed by atoms with Crippen molar-refractivity contribution in [2.75, 3.05) is 20.3 Å². The molecule has 5 rings (SSSR count). The second-order valence-electron chi connectivity index (χ2n) is 9.16. The monoisotopic (exact) mass is 593 g/mol. The molecule has 1 heterocycles. The minimum atomic E-state index is -3.99. The summed E-state index contributed by atoms with van der Waals surface area (Å²) >= 11 is 12.0. The second kappa shape index (κ2) is 11.4. The molecular weight excluding hydrogens is 569 g/mol. The van der Waals surface area contributed by atoms with Gasteiger partial charge in [-0.2, -0.15) is 0 Å². The number of Topliss-reactive ketones (excluding diaryl/α,β-unsaturated/α-hetero) is 1. The summed E-state index contributed by atoms with van der Waals surface area (Å²) in [4.78, 5) is 14.1. The number of sulfonamides is 1. The van der Waals surface area contributed by atoms with Crippen molar-refractivity contribution in [3.8, 4) is 16.9 Å². The number of aryl methyl sites for hydroxylation is 1. The molecule has 0 spiro atoms. The summed E-state index contributed by atoms with van der Waals surface area (Å²) in [5.41, 5.74) is 3.25. The fourth-order valence-corrected chi connectivity index (χ4v) is 6.13. The van der Waals surface area contributed by atoms with Crippen molar-refractivity contribution in [1.82, 2.24) is 4.31 Å². The zero-order chi connectivity index (χ0) is 28.4. The quantitative estimate of drug-likeness (QED) is 0.159. The molecule has 4 aromatic carbocycles. The average Bonchev–Trinajstić information content (AvgIpc) is 2.95. The van der Waals surface area contributed by atoms with E-state index >= 15 is 0 Å². The Kier molecular flexibility index (Phi) is 7.90. The van der Waals surface area contributed by atoms with Crippen molar-refractivity contribution in [1.29, 1.82) is 0 Å². The third kappa shape index (κ3) is 5.45. The van der Waals surface area contributed by atoms with E-state index in [-0.39, 0.29) is 29.6 Å². The van der Waals surface area contributed by atoms with Gasteiger partial charge >= 0.3 is 0 Å². The van der Waals surface area contributed by atoms with Crippen LogP contribution in [0, 0.1) is 6.92 Å². The Bertz CT molecular complexity index is 1720. The number of carbonyl (C=O) groups is 1. The van der Waals surface area contributed by atoms with Gasteiger partial charge in [0.05, 0.1) is 4.90 Å². The Morgan fingerprint density at radius 3 is 2.12 bits per heavy atom. The van der Waals surface area contributed by atoms with Gasteiger partial charge in [-0.05, 0) is 78.2 Å². The molecule has 0 bridgehead atoms. The smallest absolute Gasteiger partial charge is 0.265 e. The second-order valence-corrected chi connectivity index (χ2v) is 12.0. The van der Waals surface area contributed by atoms with E-state index in [2.05, 4.69) is 0 Å². The molecule has 0 fully saturated rings. The molecule has 0 atom stereocenters. The molecule has 0 unspecified atom stereocenters. The summed E-state index contributed by atoms with van der Waals surface area (Å²) in [5.74, 6) is 0.298.